The molecule has 1 saturated heterocycles. The second kappa shape index (κ2) is 10.0. The molecular weight excluding hydrogens is 390 g/mol. The zero-order chi connectivity index (χ0) is 21.5. The van der Waals surface area contributed by atoms with Gasteiger partial charge in [0.1, 0.15) is 12.0 Å². The lowest BCUT2D eigenvalue weighted by Crippen LogP contribution is -2.47. The second-order valence-corrected chi connectivity index (χ2v) is 7.57. The van der Waals surface area contributed by atoms with Crippen LogP contribution in [0, 0.1) is 0 Å². The van der Waals surface area contributed by atoms with Gasteiger partial charge in [-0.05, 0) is 42.7 Å². The Morgan fingerprint density at radius 1 is 0.935 bits per heavy atom. The molecule has 1 aliphatic heterocycles. The van der Waals surface area contributed by atoms with Crippen molar-refractivity contribution in [3.05, 3.63) is 84.3 Å². The lowest BCUT2D eigenvalue weighted by atomic mass is 10.1. The third kappa shape index (κ3) is 5.38. The molecule has 3 heterocycles. The van der Waals surface area contributed by atoms with E-state index in [-0.39, 0.29) is 5.91 Å². The number of benzene rings is 1. The number of aromatic nitrogens is 2. The molecule has 1 aromatic carbocycles. The highest BCUT2D eigenvalue weighted by atomic mass is 16.3. The van der Waals surface area contributed by atoms with E-state index in [1.54, 1.807) is 30.7 Å². The van der Waals surface area contributed by atoms with Gasteiger partial charge in [0, 0.05) is 50.5 Å². The molecule has 7 heteroatoms. The van der Waals surface area contributed by atoms with E-state index in [2.05, 4.69) is 25.1 Å². The van der Waals surface area contributed by atoms with Crippen LogP contribution in [-0.4, -0.2) is 53.4 Å². The fourth-order valence-corrected chi connectivity index (χ4v) is 3.81. The van der Waals surface area contributed by atoms with Crippen LogP contribution in [0.2, 0.25) is 0 Å². The molecule has 1 atom stereocenters. The summed E-state index contributed by atoms with van der Waals surface area (Å²) in [6.07, 6.45) is 5.53. The number of hydrogen-bond acceptors (Lipinski definition) is 6. The first-order valence-electron chi connectivity index (χ1n) is 10.6. The topological polar surface area (TPSA) is 81.6 Å². The molecule has 3 aromatic rings. The smallest absolute Gasteiger partial charge is 0.257 e. The van der Waals surface area contributed by atoms with Crippen LogP contribution in [0.25, 0.3) is 0 Å². The van der Waals surface area contributed by atoms with Gasteiger partial charge in [0.25, 0.3) is 5.91 Å². The highest BCUT2D eigenvalue weighted by molar-refractivity contribution is 5.99. The standard InChI is InChI=1S/C24H27N5O2/c30-22(9-8-19-5-2-1-3-6-19)27-24(31)21-7-4-12-26-23(21)29-17-15-28(16-18-29)20-10-13-25-14-11-20/h1-7,10-14,22,30H,8-9,15-18H2,(H,27,31). The van der Waals surface area contributed by atoms with E-state index < -0.39 is 6.23 Å². The quantitative estimate of drug-likeness (QED) is 0.575. The van der Waals surface area contributed by atoms with Crippen molar-refractivity contribution >= 4 is 17.4 Å². The van der Waals surface area contributed by atoms with Crippen molar-refractivity contribution in [3.8, 4) is 0 Å². The van der Waals surface area contributed by atoms with Gasteiger partial charge >= 0.3 is 0 Å². The Bertz CT molecular complexity index is 976. The van der Waals surface area contributed by atoms with E-state index in [1.807, 2.05) is 42.5 Å². The van der Waals surface area contributed by atoms with Crippen molar-refractivity contribution in [2.45, 2.75) is 19.1 Å². The maximum atomic E-state index is 12.9. The van der Waals surface area contributed by atoms with Crippen LogP contribution < -0.4 is 15.1 Å². The molecule has 1 unspecified atom stereocenters. The van der Waals surface area contributed by atoms with Crippen LogP contribution in [0.4, 0.5) is 11.5 Å². The van der Waals surface area contributed by atoms with Crippen LogP contribution >= 0.6 is 0 Å². The molecule has 0 aliphatic carbocycles. The number of carbonyl (C=O) groups excluding carboxylic acids is 1. The van der Waals surface area contributed by atoms with Crippen molar-refractivity contribution in [1.29, 1.82) is 0 Å². The van der Waals surface area contributed by atoms with E-state index in [1.165, 1.54) is 0 Å². The van der Waals surface area contributed by atoms with Gasteiger partial charge in [0.15, 0.2) is 0 Å². The first-order valence-corrected chi connectivity index (χ1v) is 10.6. The average Bonchev–Trinajstić information content (AvgIpc) is 2.84. The van der Waals surface area contributed by atoms with Gasteiger partial charge in [-0.25, -0.2) is 4.98 Å². The van der Waals surface area contributed by atoms with Crippen molar-refractivity contribution in [3.63, 3.8) is 0 Å². The minimum atomic E-state index is -0.913. The van der Waals surface area contributed by atoms with Gasteiger partial charge in [-0.3, -0.25) is 9.78 Å². The predicted octanol–water partition coefficient (Wildman–Crippen LogP) is 2.48. The molecule has 160 valence electrons. The molecule has 31 heavy (non-hydrogen) atoms. The van der Waals surface area contributed by atoms with Crippen LogP contribution in [0.15, 0.2) is 73.2 Å². The average molecular weight is 418 g/mol. The first-order chi connectivity index (χ1) is 15.2. The van der Waals surface area contributed by atoms with Crippen molar-refractivity contribution in [2.24, 2.45) is 0 Å². The SMILES string of the molecule is O=C(NC(O)CCc1ccccc1)c1cccnc1N1CCN(c2ccncc2)CC1. The van der Waals surface area contributed by atoms with Gasteiger partial charge in [0.2, 0.25) is 0 Å². The molecule has 2 N–H and O–H groups in total. The maximum absolute atomic E-state index is 12.9. The Hall–Kier alpha value is -3.45. The van der Waals surface area contributed by atoms with Gasteiger partial charge in [-0.2, -0.15) is 0 Å². The summed E-state index contributed by atoms with van der Waals surface area (Å²) in [4.78, 5) is 25.8. The first kappa shape index (κ1) is 20.8. The number of amides is 1. The van der Waals surface area contributed by atoms with Gasteiger partial charge in [-0.1, -0.05) is 30.3 Å². The molecule has 0 saturated carbocycles. The van der Waals surface area contributed by atoms with Gasteiger partial charge in [0.05, 0.1) is 5.56 Å². The van der Waals surface area contributed by atoms with Crippen molar-refractivity contribution in [2.75, 3.05) is 36.0 Å². The monoisotopic (exact) mass is 417 g/mol. The molecule has 0 bridgehead atoms. The van der Waals surface area contributed by atoms with E-state index >= 15 is 0 Å². The summed E-state index contributed by atoms with van der Waals surface area (Å²) in [6, 6.07) is 17.4. The fraction of sp³-hybridized carbons (Fsp3) is 0.292. The number of aliphatic hydroxyl groups is 1. The maximum Gasteiger partial charge on any atom is 0.257 e. The van der Waals surface area contributed by atoms with E-state index in [0.717, 1.165) is 37.4 Å². The number of carbonyl (C=O) groups is 1. The van der Waals surface area contributed by atoms with Gasteiger partial charge in [-0.15, -0.1) is 0 Å². The largest absolute Gasteiger partial charge is 0.374 e. The molecule has 4 rings (SSSR count). The molecule has 1 amide bonds. The Balaban J connectivity index is 1.36. The van der Waals surface area contributed by atoms with Crippen LogP contribution in [0.5, 0.6) is 0 Å². The minimum absolute atomic E-state index is 0.305. The number of pyridine rings is 2. The number of aryl methyl sites for hydroxylation is 1. The Kier molecular flexibility index (Phi) is 6.74. The molecule has 1 fully saturated rings. The highest BCUT2D eigenvalue weighted by Crippen LogP contribution is 2.21. The molecular formula is C24H27N5O2. The van der Waals surface area contributed by atoms with Crippen molar-refractivity contribution in [1.82, 2.24) is 15.3 Å². The van der Waals surface area contributed by atoms with E-state index in [4.69, 9.17) is 0 Å². The molecule has 7 nitrogen and oxygen atoms in total. The zero-order valence-corrected chi connectivity index (χ0v) is 17.4. The minimum Gasteiger partial charge on any atom is -0.374 e. The number of nitrogens with one attached hydrogen (secondary N) is 1. The molecule has 0 spiro atoms. The van der Waals surface area contributed by atoms with Crippen LogP contribution in [-0.2, 0) is 6.42 Å². The van der Waals surface area contributed by atoms with E-state index in [9.17, 15) is 9.90 Å². The number of rotatable bonds is 7. The molecule has 2 aromatic heterocycles. The Morgan fingerprint density at radius 2 is 1.65 bits per heavy atom. The van der Waals surface area contributed by atoms with Crippen molar-refractivity contribution < 1.29 is 9.90 Å². The number of aliphatic hydroxyl groups excluding tert-OH is 1. The number of piperazine rings is 1. The lowest BCUT2D eigenvalue weighted by Gasteiger charge is -2.37. The summed E-state index contributed by atoms with van der Waals surface area (Å²) < 4.78 is 0. The van der Waals surface area contributed by atoms with Crippen LogP contribution in [0.3, 0.4) is 0 Å². The Labute approximate surface area is 182 Å². The molecule has 0 radical (unpaired) electrons. The van der Waals surface area contributed by atoms with Crippen LogP contribution in [0.1, 0.15) is 22.3 Å². The number of nitrogens with zero attached hydrogens (tertiary/aromatic N) is 4. The summed E-state index contributed by atoms with van der Waals surface area (Å²) in [7, 11) is 0. The van der Waals surface area contributed by atoms with E-state index in [0.29, 0.717) is 24.2 Å². The summed E-state index contributed by atoms with van der Waals surface area (Å²) in [5.41, 5.74) is 2.76. The summed E-state index contributed by atoms with van der Waals surface area (Å²) >= 11 is 0. The van der Waals surface area contributed by atoms with Gasteiger partial charge < -0.3 is 20.2 Å². The summed E-state index contributed by atoms with van der Waals surface area (Å²) in [5, 5.41) is 13.0. The number of hydrogen-bond donors (Lipinski definition) is 2. The molecule has 1 aliphatic rings. The fourth-order valence-electron chi connectivity index (χ4n) is 3.81. The highest BCUT2D eigenvalue weighted by Gasteiger charge is 2.23. The number of anilines is 2. The predicted molar refractivity (Wildman–Crippen MR) is 121 cm³/mol. The summed E-state index contributed by atoms with van der Waals surface area (Å²) in [6.45, 7) is 3.19. The third-order valence-corrected chi connectivity index (χ3v) is 5.49. The second-order valence-electron chi connectivity index (χ2n) is 7.57. The third-order valence-electron chi connectivity index (χ3n) is 5.49. The lowest BCUT2D eigenvalue weighted by molar-refractivity contribution is 0.0766. The Morgan fingerprint density at radius 3 is 2.39 bits per heavy atom. The summed E-state index contributed by atoms with van der Waals surface area (Å²) in [5.74, 6) is 0.352. The normalized spacial score (nSPS) is 14.9. The zero-order valence-electron chi connectivity index (χ0n) is 17.4.